The van der Waals surface area contributed by atoms with Crippen LogP contribution in [0.3, 0.4) is 0 Å². The average molecular weight is 358 g/mol. The van der Waals surface area contributed by atoms with Gasteiger partial charge in [0.25, 0.3) is 0 Å². The second-order valence-electron chi connectivity index (χ2n) is 4.21. The molecule has 0 saturated heterocycles. The van der Waals surface area contributed by atoms with Gasteiger partial charge in [-0.2, -0.15) is 15.0 Å². The van der Waals surface area contributed by atoms with E-state index in [0.717, 1.165) is 10.9 Å². The molecule has 0 aliphatic heterocycles. The zero-order chi connectivity index (χ0) is 14.5. The number of anilines is 2. The van der Waals surface area contributed by atoms with E-state index in [1.54, 1.807) is 11.3 Å². The second kappa shape index (κ2) is 6.85. The van der Waals surface area contributed by atoms with Gasteiger partial charge >= 0.3 is 6.01 Å². The molecule has 0 saturated carbocycles. The molecular weight excluding hydrogens is 342 g/mol. The van der Waals surface area contributed by atoms with E-state index in [0.29, 0.717) is 19.1 Å². The Morgan fingerprint density at radius 2 is 2.20 bits per heavy atom. The Bertz CT molecular complexity index is 577. The van der Waals surface area contributed by atoms with Crippen molar-refractivity contribution in [1.29, 1.82) is 0 Å². The van der Waals surface area contributed by atoms with Gasteiger partial charge < -0.3 is 15.4 Å². The first kappa shape index (κ1) is 15.0. The number of hydrogen-bond acceptors (Lipinski definition) is 7. The third-order valence-corrected chi connectivity index (χ3v) is 4.09. The van der Waals surface area contributed by atoms with Gasteiger partial charge in [-0.05, 0) is 28.4 Å². The van der Waals surface area contributed by atoms with Crippen LogP contribution in [0.4, 0.5) is 11.9 Å². The van der Waals surface area contributed by atoms with E-state index in [-0.39, 0.29) is 12.0 Å². The summed E-state index contributed by atoms with van der Waals surface area (Å²) in [6, 6.07) is 2.34. The van der Waals surface area contributed by atoms with Crippen LogP contribution in [0.15, 0.2) is 15.9 Å². The number of aromatic nitrogens is 3. The van der Waals surface area contributed by atoms with Crippen molar-refractivity contribution in [2.75, 3.05) is 24.3 Å². The van der Waals surface area contributed by atoms with Crippen molar-refractivity contribution >= 4 is 39.2 Å². The van der Waals surface area contributed by atoms with E-state index < -0.39 is 0 Å². The summed E-state index contributed by atoms with van der Waals surface area (Å²) in [6.45, 7) is 3.28. The molecule has 0 radical (unpaired) electrons. The summed E-state index contributed by atoms with van der Waals surface area (Å²) in [5, 5.41) is 2.04. The summed E-state index contributed by atoms with van der Waals surface area (Å²) in [5.74, 6) is 0.674. The van der Waals surface area contributed by atoms with Crippen LogP contribution in [0.25, 0.3) is 0 Å². The lowest BCUT2D eigenvalue weighted by Crippen LogP contribution is -2.20. The molecule has 0 amide bonds. The molecule has 0 bridgehead atoms. The fraction of sp³-hybridized carbons (Fsp3) is 0.417. The van der Waals surface area contributed by atoms with Crippen LogP contribution in [0.5, 0.6) is 6.01 Å². The highest BCUT2D eigenvalue weighted by atomic mass is 79.9. The number of nitrogens with two attached hydrogens (primary N) is 1. The Kier molecular flexibility index (Phi) is 5.13. The molecule has 0 fully saturated rings. The number of nitrogens with zero attached hydrogens (tertiary/aromatic N) is 4. The van der Waals surface area contributed by atoms with Gasteiger partial charge in [-0.1, -0.05) is 6.92 Å². The number of thiophene rings is 1. The number of rotatable bonds is 6. The Hall–Kier alpha value is -1.41. The lowest BCUT2D eigenvalue weighted by Gasteiger charge is -2.16. The van der Waals surface area contributed by atoms with E-state index in [4.69, 9.17) is 10.5 Å². The molecule has 0 spiro atoms. The van der Waals surface area contributed by atoms with Crippen molar-refractivity contribution in [1.82, 2.24) is 15.0 Å². The minimum absolute atomic E-state index is 0.167. The zero-order valence-electron chi connectivity index (χ0n) is 11.3. The van der Waals surface area contributed by atoms with Crippen LogP contribution in [0.1, 0.15) is 18.2 Å². The van der Waals surface area contributed by atoms with Crippen LogP contribution in [0.2, 0.25) is 0 Å². The average Bonchev–Trinajstić information content (AvgIpc) is 2.81. The van der Waals surface area contributed by atoms with Crippen molar-refractivity contribution in [2.45, 2.75) is 19.9 Å². The predicted octanol–water partition coefficient (Wildman–Crippen LogP) is 2.70. The maximum atomic E-state index is 5.69. The summed E-state index contributed by atoms with van der Waals surface area (Å²) < 4.78 is 6.48. The Labute approximate surface area is 130 Å². The topological polar surface area (TPSA) is 77.2 Å². The highest BCUT2D eigenvalue weighted by molar-refractivity contribution is 9.10. The number of nitrogen functional groups attached to an aromatic ring is 1. The molecule has 0 unspecified atom stereocenters. The summed E-state index contributed by atoms with van der Waals surface area (Å²) >= 11 is 5.11. The maximum Gasteiger partial charge on any atom is 0.323 e. The molecular formula is C12H16BrN5OS. The summed E-state index contributed by atoms with van der Waals surface area (Å²) in [7, 11) is 1.91. The highest BCUT2D eigenvalue weighted by Gasteiger charge is 2.11. The van der Waals surface area contributed by atoms with Gasteiger partial charge in [0.2, 0.25) is 11.9 Å². The zero-order valence-corrected chi connectivity index (χ0v) is 13.7. The highest BCUT2D eigenvalue weighted by Crippen LogP contribution is 2.22. The number of halogens is 1. The lowest BCUT2D eigenvalue weighted by atomic mass is 10.4. The smallest absolute Gasteiger partial charge is 0.323 e. The molecule has 6 nitrogen and oxygen atoms in total. The fourth-order valence-corrected chi connectivity index (χ4v) is 3.03. The molecule has 2 heterocycles. The van der Waals surface area contributed by atoms with E-state index in [2.05, 4.69) is 36.9 Å². The maximum absolute atomic E-state index is 5.69. The van der Waals surface area contributed by atoms with Gasteiger partial charge in [0.1, 0.15) is 0 Å². The third-order valence-electron chi connectivity index (χ3n) is 2.41. The Balaban J connectivity index is 2.12. The molecule has 20 heavy (non-hydrogen) atoms. The fourth-order valence-electron chi connectivity index (χ4n) is 1.53. The van der Waals surface area contributed by atoms with Crippen LogP contribution in [0, 0.1) is 0 Å². The van der Waals surface area contributed by atoms with Gasteiger partial charge in [0, 0.05) is 21.8 Å². The number of hydrogen-bond donors (Lipinski definition) is 1. The van der Waals surface area contributed by atoms with Crippen molar-refractivity contribution in [2.24, 2.45) is 0 Å². The molecule has 0 atom stereocenters. The molecule has 0 aromatic carbocycles. The molecule has 2 aromatic heterocycles. The molecule has 2 N–H and O–H groups in total. The molecule has 2 aromatic rings. The van der Waals surface area contributed by atoms with Crippen LogP contribution < -0.4 is 15.4 Å². The van der Waals surface area contributed by atoms with Gasteiger partial charge in [-0.15, -0.1) is 11.3 Å². The monoisotopic (exact) mass is 357 g/mol. The van der Waals surface area contributed by atoms with Crippen molar-refractivity contribution < 1.29 is 4.74 Å². The quantitative estimate of drug-likeness (QED) is 0.856. The first-order chi connectivity index (χ1) is 9.58. The van der Waals surface area contributed by atoms with E-state index in [9.17, 15) is 0 Å². The SMILES string of the molecule is CCCOc1nc(N)nc(N(C)Cc2cc(Br)cs2)n1. The number of ether oxygens (including phenoxy) is 1. The van der Waals surface area contributed by atoms with Crippen molar-refractivity contribution in [3.05, 3.63) is 20.8 Å². The van der Waals surface area contributed by atoms with Crippen LogP contribution >= 0.6 is 27.3 Å². The Morgan fingerprint density at radius 1 is 1.40 bits per heavy atom. The van der Waals surface area contributed by atoms with Gasteiger partial charge in [0.15, 0.2) is 0 Å². The van der Waals surface area contributed by atoms with Crippen LogP contribution in [-0.2, 0) is 6.54 Å². The lowest BCUT2D eigenvalue weighted by molar-refractivity contribution is 0.292. The van der Waals surface area contributed by atoms with Crippen LogP contribution in [-0.4, -0.2) is 28.6 Å². The molecule has 0 aliphatic rings. The first-order valence-corrected chi connectivity index (χ1v) is 7.84. The molecule has 0 aliphatic carbocycles. The van der Waals surface area contributed by atoms with E-state index in [1.165, 1.54) is 4.88 Å². The van der Waals surface area contributed by atoms with E-state index in [1.807, 2.05) is 24.3 Å². The van der Waals surface area contributed by atoms with Crippen molar-refractivity contribution in [3.8, 4) is 6.01 Å². The largest absolute Gasteiger partial charge is 0.463 e. The summed E-state index contributed by atoms with van der Waals surface area (Å²) in [6.07, 6.45) is 0.889. The summed E-state index contributed by atoms with van der Waals surface area (Å²) in [4.78, 5) is 15.5. The van der Waals surface area contributed by atoms with E-state index >= 15 is 0 Å². The van der Waals surface area contributed by atoms with Crippen molar-refractivity contribution in [3.63, 3.8) is 0 Å². The molecule has 108 valence electrons. The van der Waals surface area contributed by atoms with Gasteiger partial charge in [0.05, 0.1) is 13.2 Å². The second-order valence-corrected chi connectivity index (χ2v) is 6.12. The summed E-state index contributed by atoms with van der Waals surface area (Å²) in [5.41, 5.74) is 5.69. The first-order valence-electron chi connectivity index (χ1n) is 6.17. The third kappa shape index (κ3) is 4.04. The Morgan fingerprint density at radius 3 is 2.85 bits per heavy atom. The molecule has 8 heteroatoms. The normalized spacial score (nSPS) is 10.6. The van der Waals surface area contributed by atoms with Gasteiger partial charge in [-0.3, -0.25) is 0 Å². The standard InChI is InChI=1S/C12H16BrN5OS/c1-3-4-19-12-16-10(14)15-11(17-12)18(2)6-9-5-8(13)7-20-9/h5,7H,3-4,6H2,1-2H3,(H2,14,15,16,17). The van der Waals surface area contributed by atoms with Gasteiger partial charge in [-0.25, -0.2) is 0 Å². The minimum atomic E-state index is 0.167. The predicted molar refractivity (Wildman–Crippen MR) is 84.2 cm³/mol. The molecule has 2 rings (SSSR count). The minimum Gasteiger partial charge on any atom is -0.463 e.